The number of nitrogens with one attached hydrogen (secondary N) is 1. The third kappa shape index (κ3) is 3.63. The lowest BCUT2D eigenvalue weighted by atomic mass is 10.2. The van der Waals surface area contributed by atoms with Gasteiger partial charge in [-0.25, -0.2) is 0 Å². The molecule has 1 atom stereocenters. The summed E-state index contributed by atoms with van der Waals surface area (Å²) in [6.07, 6.45) is 0. The molecule has 0 aliphatic carbocycles. The second kappa shape index (κ2) is 6.44. The van der Waals surface area contributed by atoms with Gasteiger partial charge in [0.05, 0.1) is 6.54 Å². The van der Waals surface area contributed by atoms with Gasteiger partial charge in [0.15, 0.2) is 5.96 Å². The fraction of sp³-hybridized carbons (Fsp3) is 0.278. The summed E-state index contributed by atoms with van der Waals surface area (Å²) in [4.78, 5) is 6.95. The van der Waals surface area contributed by atoms with E-state index in [1.807, 2.05) is 0 Å². The van der Waals surface area contributed by atoms with Crippen LogP contribution in [0.25, 0.3) is 0 Å². The summed E-state index contributed by atoms with van der Waals surface area (Å²) in [6, 6.07) is 21.5. The molecule has 0 saturated heterocycles. The van der Waals surface area contributed by atoms with Gasteiger partial charge in [0.2, 0.25) is 0 Å². The lowest BCUT2D eigenvalue weighted by molar-refractivity contribution is 0.393. The van der Waals surface area contributed by atoms with Crippen molar-refractivity contribution in [3.63, 3.8) is 0 Å². The molecule has 1 N–H and O–H groups in total. The lowest BCUT2D eigenvalue weighted by Crippen LogP contribution is -2.40. The molecule has 3 rings (SSSR count). The third-order valence-electron chi connectivity index (χ3n) is 3.62. The lowest BCUT2D eigenvalue weighted by Gasteiger charge is -2.25. The zero-order valence-corrected chi connectivity index (χ0v) is 12.4. The number of rotatable bonds is 4. The van der Waals surface area contributed by atoms with E-state index in [0.717, 1.165) is 25.6 Å². The van der Waals surface area contributed by atoms with E-state index >= 15 is 0 Å². The number of nitrogens with zero attached hydrogens (tertiary/aromatic N) is 2. The first-order chi connectivity index (χ1) is 10.3. The topological polar surface area (TPSA) is 27.6 Å². The molecule has 108 valence electrons. The van der Waals surface area contributed by atoms with Gasteiger partial charge >= 0.3 is 0 Å². The Kier molecular flexibility index (Phi) is 4.20. The smallest absolute Gasteiger partial charge is 0.194 e. The normalized spacial score (nSPS) is 17.2. The quantitative estimate of drug-likeness (QED) is 0.931. The van der Waals surface area contributed by atoms with Crippen LogP contribution in [-0.2, 0) is 13.1 Å². The van der Waals surface area contributed by atoms with E-state index in [1.165, 1.54) is 11.1 Å². The van der Waals surface area contributed by atoms with Crippen LogP contribution in [0.15, 0.2) is 65.7 Å². The minimum absolute atomic E-state index is 0.425. The van der Waals surface area contributed by atoms with Crippen molar-refractivity contribution in [2.75, 3.05) is 6.54 Å². The second-order valence-electron chi connectivity index (χ2n) is 5.54. The van der Waals surface area contributed by atoms with Crippen LogP contribution in [0.2, 0.25) is 0 Å². The third-order valence-corrected chi connectivity index (χ3v) is 3.62. The maximum absolute atomic E-state index is 4.64. The number of guanidine groups is 1. The number of hydrogen-bond donors (Lipinski definition) is 1. The average Bonchev–Trinajstić information content (AvgIpc) is 2.95. The standard InChI is InChI=1S/C18H21N3/c1-15-12-19-18(20-15)21(13-16-8-4-2-5-9-16)14-17-10-6-3-7-11-17/h2-11,15H,12-14H2,1H3,(H,19,20). The molecule has 0 aromatic heterocycles. The second-order valence-corrected chi connectivity index (χ2v) is 5.54. The summed E-state index contributed by atoms with van der Waals surface area (Å²) in [5, 5.41) is 3.47. The maximum atomic E-state index is 4.64. The molecule has 0 saturated carbocycles. The summed E-state index contributed by atoms with van der Waals surface area (Å²) in [5.41, 5.74) is 2.61. The van der Waals surface area contributed by atoms with E-state index in [4.69, 9.17) is 0 Å². The largest absolute Gasteiger partial charge is 0.352 e. The van der Waals surface area contributed by atoms with Crippen molar-refractivity contribution in [1.29, 1.82) is 0 Å². The van der Waals surface area contributed by atoms with Crippen LogP contribution < -0.4 is 5.32 Å². The van der Waals surface area contributed by atoms with E-state index in [-0.39, 0.29) is 0 Å². The Labute approximate surface area is 126 Å². The molecular weight excluding hydrogens is 258 g/mol. The van der Waals surface area contributed by atoms with Gasteiger partial charge in [-0.2, -0.15) is 0 Å². The van der Waals surface area contributed by atoms with E-state index in [9.17, 15) is 0 Å². The van der Waals surface area contributed by atoms with E-state index in [2.05, 4.69) is 82.8 Å². The van der Waals surface area contributed by atoms with Gasteiger partial charge in [-0.15, -0.1) is 0 Å². The van der Waals surface area contributed by atoms with Crippen molar-refractivity contribution < 1.29 is 0 Å². The van der Waals surface area contributed by atoms with Crippen LogP contribution in [-0.4, -0.2) is 23.4 Å². The van der Waals surface area contributed by atoms with Crippen molar-refractivity contribution in [2.24, 2.45) is 4.99 Å². The van der Waals surface area contributed by atoms with Gasteiger partial charge in [0.1, 0.15) is 0 Å². The van der Waals surface area contributed by atoms with E-state index in [1.54, 1.807) is 0 Å². The molecule has 1 unspecified atom stereocenters. The molecule has 1 aliphatic rings. The molecule has 0 fully saturated rings. The maximum Gasteiger partial charge on any atom is 0.194 e. The molecule has 0 bridgehead atoms. The Morgan fingerprint density at radius 2 is 1.48 bits per heavy atom. The Hall–Kier alpha value is -2.29. The van der Waals surface area contributed by atoms with Crippen molar-refractivity contribution in [3.05, 3.63) is 71.8 Å². The molecule has 21 heavy (non-hydrogen) atoms. The SMILES string of the molecule is CC1CN=C(N(Cc2ccccc2)Cc2ccccc2)N1. The minimum Gasteiger partial charge on any atom is -0.352 e. The zero-order valence-electron chi connectivity index (χ0n) is 12.4. The van der Waals surface area contributed by atoms with Crippen LogP contribution in [0.4, 0.5) is 0 Å². The molecule has 2 aromatic rings. The molecule has 0 amide bonds. The molecule has 0 radical (unpaired) electrons. The average molecular weight is 279 g/mol. The van der Waals surface area contributed by atoms with Crippen molar-refractivity contribution in [2.45, 2.75) is 26.1 Å². The summed E-state index contributed by atoms with van der Waals surface area (Å²) in [6.45, 7) is 4.76. The number of aliphatic imine (C=N–C) groups is 1. The first-order valence-corrected chi connectivity index (χ1v) is 7.45. The van der Waals surface area contributed by atoms with Crippen molar-refractivity contribution >= 4 is 5.96 Å². The van der Waals surface area contributed by atoms with Crippen molar-refractivity contribution in [3.8, 4) is 0 Å². The molecule has 2 aromatic carbocycles. The Balaban J connectivity index is 1.78. The number of benzene rings is 2. The van der Waals surface area contributed by atoms with Crippen LogP contribution >= 0.6 is 0 Å². The van der Waals surface area contributed by atoms with Gasteiger partial charge in [-0.05, 0) is 18.1 Å². The van der Waals surface area contributed by atoms with Crippen LogP contribution in [0.1, 0.15) is 18.1 Å². The fourth-order valence-electron chi connectivity index (χ4n) is 2.54. The Bertz CT molecular complexity index is 551. The molecule has 1 heterocycles. The minimum atomic E-state index is 0.425. The molecule has 1 aliphatic heterocycles. The Morgan fingerprint density at radius 3 is 1.90 bits per heavy atom. The van der Waals surface area contributed by atoms with Gasteiger partial charge < -0.3 is 10.2 Å². The highest BCUT2D eigenvalue weighted by molar-refractivity contribution is 5.81. The molecular formula is C18H21N3. The fourth-order valence-corrected chi connectivity index (χ4v) is 2.54. The number of hydrogen-bond acceptors (Lipinski definition) is 3. The molecule has 3 nitrogen and oxygen atoms in total. The zero-order chi connectivity index (χ0) is 14.5. The summed E-state index contributed by atoms with van der Waals surface area (Å²) >= 11 is 0. The first kappa shape index (κ1) is 13.7. The predicted octanol–water partition coefficient (Wildman–Crippen LogP) is 3.04. The summed E-state index contributed by atoms with van der Waals surface area (Å²) in [7, 11) is 0. The van der Waals surface area contributed by atoms with E-state index < -0.39 is 0 Å². The van der Waals surface area contributed by atoms with Gasteiger partial charge in [-0.1, -0.05) is 60.7 Å². The van der Waals surface area contributed by atoms with Gasteiger partial charge in [0.25, 0.3) is 0 Å². The van der Waals surface area contributed by atoms with Gasteiger partial charge in [0, 0.05) is 19.1 Å². The predicted molar refractivity (Wildman–Crippen MR) is 87.0 cm³/mol. The van der Waals surface area contributed by atoms with Crippen LogP contribution in [0, 0.1) is 0 Å². The van der Waals surface area contributed by atoms with Crippen molar-refractivity contribution in [1.82, 2.24) is 10.2 Å². The highest BCUT2D eigenvalue weighted by atomic mass is 15.3. The highest BCUT2D eigenvalue weighted by Crippen LogP contribution is 2.12. The monoisotopic (exact) mass is 279 g/mol. The van der Waals surface area contributed by atoms with Crippen LogP contribution in [0.3, 0.4) is 0 Å². The summed E-state index contributed by atoms with van der Waals surface area (Å²) < 4.78 is 0. The summed E-state index contributed by atoms with van der Waals surface area (Å²) in [5.74, 6) is 1.01. The van der Waals surface area contributed by atoms with Gasteiger partial charge in [-0.3, -0.25) is 4.99 Å². The van der Waals surface area contributed by atoms with E-state index in [0.29, 0.717) is 6.04 Å². The highest BCUT2D eigenvalue weighted by Gasteiger charge is 2.19. The first-order valence-electron chi connectivity index (χ1n) is 7.45. The Morgan fingerprint density at radius 1 is 0.952 bits per heavy atom. The molecule has 3 heteroatoms. The molecule has 0 spiro atoms. The van der Waals surface area contributed by atoms with Crippen LogP contribution in [0.5, 0.6) is 0 Å².